The second-order valence-corrected chi connectivity index (χ2v) is 12.8. The van der Waals surface area contributed by atoms with Crippen LogP contribution in [0.1, 0.15) is 46.1 Å². The predicted octanol–water partition coefficient (Wildman–Crippen LogP) is 8.26. The number of pyridine rings is 1. The molecule has 0 atom stereocenters. The molecule has 2 heterocycles. The zero-order chi connectivity index (χ0) is 36.6. The van der Waals surface area contributed by atoms with Gasteiger partial charge in [-0.05, 0) is 59.4 Å². The summed E-state index contributed by atoms with van der Waals surface area (Å²) in [6.07, 6.45) is 0. The summed E-state index contributed by atoms with van der Waals surface area (Å²) in [5.74, 6) is 1.23. The number of aryl methyl sites for hydroxylation is 2. The third-order valence-corrected chi connectivity index (χ3v) is 9.30. The molecule has 5 aromatic carbocycles. The van der Waals surface area contributed by atoms with Gasteiger partial charge in [0, 0.05) is 41.7 Å². The van der Waals surface area contributed by atoms with Crippen molar-refractivity contribution in [3.63, 3.8) is 0 Å². The molecule has 9 heteroatoms. The molecular weight excluding hydrogens is 659 g/mol. The van der Waals surface area contributed by atoms with E-state index >= 15 is 0 Å². The normalized spacial score (nSPS) is 11.2. The second-order valence-electron chi connectivity index (χ2n) is 12.8. The van der Waals surface area contributed by atoms with Gasteiger partial charge in [0.2, 0.25) is 5.82 Å². The van der Waals surface area contributed by atoms with Crippen LogP contribution in [0.15, 0.2) is 146 Å². The number of ether oxygens (including phenoxy) is 1. The molecule has 9 nitrogen and oxygen atoms in total. The van der Waals surface area contributed by atoms with Gasteiger partial charge in [-0.15, -0.1) is 15.0 Å². The minimum atomic E-state index is -0.866. The summed E-state index contributed by atoms with van der Waals surface area (Å²) < 4.78 is 6.32. The second kappa shape index (κ2) is 15.7. The molecule has 0 aliphatic rings. The first-order valence-electron chi connectivity index (χ1n) is 17.7. The number of tetrazole rings is 1. The van der Waals surface area contributed by atoms with E-state index in [1.54, 1.807) is 4.80 Å². The smallest absolute Gasteiger partial charge is 0.315 e. The van der Waals surface area contributed by atoms with Crippen molar-refractivity contribution in [2.75, 3.05) is 6.54 Å². The topological polar surface area (TPSA) is 107 Å². The highest BCUT2D eigenvalue weighted by molar-refractivity contribution is 5.80. The summed E-state index contributed by atoms with van der Waals surface area (Å²) in [7, 11) is 0. The number of hydrogen-bond donors (Lipinski definition) is 2. The van der Waals surface area contributed by atoms with Crippen molar-refractivity contribution in [1.82, 2.24) is 35.8 Å². The Hall–Kier alpha value is -6.61. The van der Waals surface area contributed by atoms with Gasteiger partial charge in [0.05, 0.1) is 0 Å². The molecule has 7 rings (SSSR count). The van der Waals surface area contributed by atoms with Crippen molar-refractivity contribution in [2.45, 2.75) is 39.5 Å². The first-order valence-corrected chi connectivity index (χ1v) is 17.7. The molecule has 2 N–H and O–H groups in total. The summed E-state index contributed by atoms with van der Waals surface area (Å²) in [4.78, 5) is 18.4. The Morgan fingerprint density at radius 1 is 0.717 bits per heavy atom. The molecule has 0 aliphatic heterocycles. The number of amides is 2. The first kappa shape index (κ1) is 34.8. The minimum Gasteiger partial charge on any atom is -0.488 e. The Balaban J connectivity index is 1.19. The zero-order valence-corrected chi connectivity index (χ0v) is 30.0. The zero-order valence-electron chi connectivity index (χ0n) is 30.0. The number of rotatable bonds is 12. The van der Waals surface area contributed by atoms with Crippen LogP contribution >= 0.6 is 0 Å². The third kappa shape index (κ3) is 7.27. The van der Waals surface area contributed by atoms with E-state index in [1.165, 1.54) is 0 Å². The average Bonchev–Trinajstić information content (AvgIpc) is 3.69. The molecule has 2 aromatic heterocycles. The lowest BCUT2D eigenvalue weighted by Gasteiger charge is -2.34. The standard InChI is InChI=1S/C44H41N7O2/c1-4-45-43(52)46-29-40-32(3)47-31(2)28-41(40)53-30-33-24-26-34(27-25-33)38-22-14-15-23-39(38)42-48-50-51(49-42)44(35-16-8-5-9-17-35,36-18-10-6-11-19-36)37-20-12-7-13-21-37/h5-28H,4,29-30H2,1-3H3,(H2,45,46,52). The fourth-order valence-electron chi connectivity index (χ4n) is 6.78. The van der Waals surface area contributed by atoms with Crippen molar-refractivity contribution in [2.24, 2.45) is 0 Å². The van der Waals surface area contributed by atoms with Gasteiger partial charge in [-0.25, -0.2) is 4.79 Å². The summed E-state index contributed by atoms with van der Waals surface area (Å²) in [6, 6.07) is 49.1. The van der Waals surface area contributed by atoms with Gasteiger partial charge < -0.3 is 15.4 Å². The van der Waals surface area contributed by atoms with Crippen LogP contribution in [0.5, 0.6) is 5.75 Å². The lowest BCUT2D eigenvalue weighted by molar-refractivity contribution is 0.240. The number of hydrogen-bond acceptors (Lipinski definition) is 6. The van der Waals surface area contributed by atoms with E-state index in [-0.39, 0.29) is 6.03 Å². The van der Waals surface area contributed by atoms with E-state index in [0.29, 0.717) is 31.3 Å². The van der Waals surface area contributed by atoms with E-state index in [2.05, 4.69) is 82.3 Å². The van der Waals surface area contributed by atoms with Gasteiger partial charge in [0.1, 0.15) is 12.4 Å². The highest BCUT2D eigenvalue weighted by Crippen LogP contribution is 2.40. The quantitative estimate of drug-likeness (QED) is 0.124. The highest BCUT2D eigenvalue weighted by atomic mass is 16.5. The van der Waals surface area contributed by atoms with Gasteiger partial charge in [-0.3, -0.25) is 4.98 Å². The van der Waals surface area contributed by atoms with Crippen LogP contribution in [-0.4, -0.2) is 37.8 Å². The van der Waals surface area contributed by atoms with Crippen LogP contribution in [0, 0.1) is 13.8 Å². The molecule has 0 saturated carbocycles. The van der Waals surface area contributed by atoms with Crippen LogP contribution in [0.2, 0.25) is 0 Å². The van der Waals surface area contributed by atoms with Crippen molar-refractivity contribution in [1.29, 1.82) is 0 Å². The highest BCUT2D eigenvalue weighted by Gasteiger charge is 2.41. The Labute approximate surface area is 309 Å². The predicted molar refractivity (Wildman–Crippen MR) is 207 cm³/mol. The number of carbonyl (C=O) groups is 1. The maximum Gasteiger partial charge on any atom is 0.315 e. The molecule has 7 aromatic rings. The summed E-state index contributed by atoms with van der Waals surface area (Å²) in [5.41, 5.74) is 8.61. The molecule has 0 aliphatic carbocycles. The number of aromatic nitrogens is 5. The van der Waals surface area contributed by atoms with Gasteiger partial charge in [0.25, 0.3) is 0 Å². The number of urea groups is 1. The van der Waals surface area contributed by atoms with Gasteiger partial charge >= 0.3 is 6.03 Å². The summed E-state index contributed by atoms with van der Waals surface area (Å²) in [5, 5.41) is 20.3. The number of benzene rings is 5. The number of nitrogens with one attached hydrogen (secondary N) is 2. The Kier molecular flexibility index (Phi) is 10.3. The molecular formula is C44H41N7O2. The molecule has 53 heavy (non-hydrogen) atoms. The molecule has 0 radical (unpaired) electrons. The SMILES string of the molecule is CCNC(=O)NCc1c(OCc2ccc(-c3ccccc3-c3nnn(C(c4ccccc4)(c4ccccc4)c4ccccc4)n3)cc2)cc(C)nc1C. The molecule has 0 saturated heterocycles. The fraction of sp³-hybridized carbons (Fsp3) is 0.159. The fourth-order valence-corrected chi connectivity index (χ4v) is 6.78. The maximum atomic E-state index is 12.1. The summed E-state index contributed by atoms with van der Waals surface area (Å²) >= 11 is 0. The van der Waals surface area contributed by atoms with E-state index in [1.807, 2.05) is 99.6 Å². The average molecular weight is 700 g/mol. The van der Waals surface area contributed by atoms with Crippen molar-refractivity contribution in [3.05, 3.63) is 185 Å². The third-order valence-electron chi connectivity index (χ3n) is 9.30. The van der Waals surface area contributed by atoms with E-state index < -0.39 is 5.54 Å². The lowest BCUT2D eigenvalue weighted by atomic mass is 9.77. The maximum absolute atomic E-state index is 12.1. The van der Waals surface area contributed by atoms with Crippen LogP contribution in [0.3, 0.4) is 0 Å². The van der Waals surface area contributed by atoms with Gasteiger partial charge in [0.15, 0.2) is 5.54 Å². The van der Waals surface area contributed by atoms with Crippen molar-refractivity contribution >= 4 is 6.03 Å². The van der Waals surface area contributed by atoms with Crippen molar-refractivity contribution in [3.8, 4) is 28.3 Å². The largest absolute Gasteiger partial charge is 0.488 e. The van der Waals surface area contributed by atoms with E-state index in [0.717, 1.165) is 55.9 Å². The molecule has 0 spiro atoms. The molecule has 2 amide bonds. The molecule has 264 valence electrons. The molecule has 0 unspecified atom stereocenters. The Morgan fingerprint density at radius 2 is 1.28 bits per heavy atom. The van der Waals surface area contributed by atoms with E-state index in [9.17, 15) is 4.79 Å². The van der Waals surface area contributed by atoms with Crippen LogP contribution in [0.4, 0.5) is 4.79 Å². The Bertz CT molecular complexity index is 2190. The minimum absolute atomic E-state index is 0.227. The molecule has 0 bridgehead atoms. The molecule has 0 fully saturated rings. The van der Waals surface area contributed by atoms with Crippen LogP contribution in [-0.2, 0) is 18.7 Å². The van der Waals surface area contributed by atoms with Crippen LogP contribution < -0.4 is 15.4 Å². The van der Waals surface area contributed by atoms with Crippen LogP contribution in [0.25, 0.3) is 22.5 Å². The summed E-state index contributed by atoms with van der Waals surface area (Å²) in [6.45, 7) is 6.97. The number of nitrogens with zero attached hydrogens (tertiary/aromatic N) is 5. The Morgan fingerprint density at radius 3 is 1.87 bits per heavy atom. The van der Waals surface area contributed by atoms with E-state index in [4.69, 9.17) is 20.1 Å². The van der Waals surface area contributed by atoms with Crippen molar-refractivity contribution < 1.29 is 9.53 Å². The van der Waals surface area contributed by atoms with Gasteiger partial charge in [-0.1, -0.05) is 140 Å². The number of carbonyl (C=O) groups excluding carboxylic acids is 1. The van der Waals surface area contributed by atoms with Gasteiger partial charge in [-0.2, -0.15) is 0 Å². The lowest BCUT2D eigenvalue weighted by Crippen LogP contribution is -2.39. The monoisotopic (exact) mass is 699 g/mol. The first-order chi connectivity index (χ1) is 26.0.